The first-order valence-electron chi connectivity index (χ1n) is 6.40. The van der Waals surface area contributed by atoms with E-state index in [0.29, 0.717) is 10.6 Å². The van der Waals surface area contributed by atoms with Crippen LogP contribution in [0.4, 0.5) is 22.0 Å². The molecule has 9 heteroatoms. The van der Waals surface area contributed by atoms with Gasteiger partial charge in [-0.1, -0.05) is 0 Å². The minimum atomic E-state index is -2.34. The molecule has 1 aliphatic heterocycles. The van der Waals surface area contributed by atoms with E-state index >= 15 is 0 Å². The summed E-state index contributed by atoms with van der Waals surface area (Å²) in [6.07, 6.45) is 1.30. The maximum atomic E-state index is 13.5. The first kappa shape index (κ1) is 15.9. The number of halogens is 5. The van der Waals surface area contributed by atoms with Gasteiger partial charge >= 0.3 is 5.97 Å². The standard InChI is InChI=1S/C15H6F5NO3/c16-9-10(17)12(19)14(13(20)11(9)18)24-15(22)6-1-2-8-7(3-6)4-23-5-21-8/h1-4H,5H2. The molecule has 0 spiro atoms. The summed E-state index contributed by atoms with van der Waals surface area (Å²) in [5.74, 6) is -14.2. The molecule has 0 aliphatic carbocycles. The van der Waals surface area contributed by atoms with Crippen molar-refractivity contribution >= 4 is 12.2 Å². The Morgan fingerprint density at radius 3 is 2.29 bits per heavy atom. The summed E-state index contributed by atoms with van der Waals surface area (Å²) in [4.78, 5) is 15.9. The van der Waals surface area contributed by atoms with Crippen molar-refractivity contribution < 1.29 is 36.2 Å². The number of hydrogen-bond acceptors (Lipinski definition) is 4. The third-order valence-electron chi connectivity index (χ3n) is 3.15. The van der Waals surface area contributed by atoms with Crippen LogP contribution in [-0.2, 0) is 4.74 Å². The summed E-state index contributed by atoms with van der Waals surface area (Å²) >= 11 is 0. The van der Waals surface area contributed by atoms with Crippen molar-refractivity contribution in [2.45, 2.75) is 0 Å². The summed E-state index contributed by atoms with van der Waals surface area (Å²) in [7, 11) is 0. The Kier molecular flexibility index (Phi) is 3.92. The SMILES string of the molecule is O=C(Oc1c(F)c(F)c(F)c(F)c1F)c1ccc2c(c1)=COCN=2. The zero-order valence-corrected chi connectivity index (χ0v) is 11.6. The number of carbonyl (C=O) groups excluding carboxylic acids is 1. The summed E-state index contributed by atoms with van der Waals surface area (Å²) in [6, 6.07) is 3.89. The summed E-state index contributed by atoms with van der Waals surface area (Å²) < 4.78 is 75.4. The van der Waals surface area contributed by atoms with Gasteiger partial charge in [-0.25, -0.2) is 23.0 Å². The molecule has 0 N–H and O–H groups in total. The van der Waals surface area contributed by atoms with E-state index in [1.54, 1.807) is 0 Å². The lowest BCUT2D eigenvalue weighted by atomic mass is 10.2. The van der Waals surface area contributed by atoms with Crippen LogP contribution in [0.25, 0.3) is 6.26 Å². The van der Waals surface area contributed by atoms with Crippen LogP contribution in [0.5, 0.6) is 5.75 Å². The maximum Gasteiger partial charge on any atom is 0.343 e. The Morgan fingerprint density at radius 1 is 1.00 bits per heavy atom. The number of esters is 1. The van der Waals surface area contributed by atoms with Crippen molar-refractivity contribution in [1.82, 2.24) is 0 Å². The molecule has 0 fully saturated rings. The molecule has 4 nitrogen and oxygen atoms in total. The molecule has 0 saturated heterocycles. The molecule has 0 aromatic heterocycles. The van der Waals surface area contributed by atoms with Crippen molar-refractivity contribution in [3.8, 4) is 5.75 Å². The number of rotatable bonds is 2. The molecule has 0 saturated carbocycles. The van der Waals surface area contributed by atoms with Crippen LogP contribution in [0.15, 0.2) is 23.2 Å². The van der Waals surface area contributed by atoms with Crippen LogP contribution in [0.1, 0.15) is 10.4 Å². The molecule has 0 atom stereocenters. The van der Waals surface area contributed by atoms with E-state index in [1.165, 1.54) is 24.5 Å². The van der Waals surface area contributed by atoms with Crippen molar-refractivity contribution in [3.05, 3.63) is 63.4 Å². The van der Waals surface area contributed by atoms with Gasteiger partial charge in [0.1, 0.15) is 0 Å². The normalized spacial score (nSPS) is 12.5. The lowest BCUT2D eigenvalue weighted by molar-refractivity contribution is 0.0716. The Bertz CT molecular complexity index is 945. The molecular weight excluding hydrogens is 337 g/mol. The van der Waals surface area contributed by atoms with E-state index in [2.05, 4.69) is 9.73 Å². The van der Waals surface area contributed by atoms with Gasteiger partial charge in [-0.3, -0.25) is 0 Å². The Balaban J connectivity index is 2.00. The van der Waals surface area contributed by atoms with Gasteiger partial charge in [-0.2, -0.15) is 8.78 Å². The van der Waals surface area contributed by atoms with Gasteiger partial charge < -0.3 is 9.47 Å². The zero-order valence-electron chi connectivity index (χ0n) is 11.6. The molecule has 0 bridgehead atoms. The summed E-state index contributed by atoms with van der Waals surface area (Å²) in [6.45, 7) is 0.0986. The molecular formula is C15H6F5NO3. The van der Waals surface area contributed by atoms with Gasteiger partial charge in [0.2, 0.25) is 34.8 Å². The topological polar surface area (TPSA) is 47.9 Å². The Morgan fingerprint density at radius 2 is 1.62 bits per heavy atom. The molecule has 1 heterocycles. The van der Waals surface area contributed by atoms with Crippen LogP contribution < -0.4 is 15.3 Å². The number of nitrogens with zero attached hydrogens (tertiary/aromatic N) is 1. The fourth-order valence-corrected chi connectivity index (χ4v) is 1.98. The molecule has 1 aliphatic rings. The van der Waals surface area contributed by atoms with Crippen LogP contribution in [0, 0.1) is 29.1 Å². The van der Waals surface area contributed by atoms with E-state index in [1.807, 2.05) is 0 Å². The highest BCUT2D eigenvalue weighted by Gasteiger charge is 2.28. The van der Waals surface area contributed by atoms with Crippen LogP contribution in [-0.4, -0.2) is 12.7 Å². The monoisotopic (exact) mass is 343 g/mol. The van der Waals surface area contributed by atoms with Crippen LogP contribution in [0.3, 0.4) is 0 Å². The lowest BCUT2D eigenvalue weighted by Crippen LogP contribution is -2.30. The maximum absolute atomic E-state index is 13.5. The number of ether oxygens (including phenoxy) is 2. The zero-order chi connectivity index (χ0) is 17.4. The first-order valence-corrected chi connectivity index (χ1v) is 6.40. The number of carbonyl (C=O) groups is 1. The highest BCUT2D eigenvalue weighted by Crippen LogP contribution is 2.29. The third-order valence-corrected chi connectivity index (χ3v) is 3.15. The molecule has 24 heavy (non-hydrogen) atoms. The highest BCUT2D eigenvalue weighted by atomic mass is 19.2. The van der Waals surface area contributed by atoms with Crippen LogP contribution in [0.2, 0.25) is 0 Å². The Hall–Kier alpha value is -2.97. The van der Waals surface area contributed by atoms with Gasteiger partial charge in [0.15, 0.2) is 6.73 Å². The van der Waals surface area contributed by atoms with E-state index in [4.69, 9.17) is 4.74 Å². The molecule has 0 amide bonds. The van der Waals surface area contributed by atoms with Gasteiger partial charge in [-0.15, -0.1) is 0 Å². The number of hydrogen-bond donors (Lipinski definition) is 0. The summed E-state index contributed by atoms with van der Waals surface area (Å²) in [5.41, 5.74) is -0.186. The number of fused-ring (bicyclic) bond motifs is 1. The van der Waals surface area contributed by atoms with Crippen molar-refractivity contribution in [2.75, 3.05) is 6.73 Å². The molecule has 0 radical (unpaired) electrons. The molecule has 3 rings (SSSR count). The fraction of sp³-hybridized carbons (Fsp3) is 0.0667. The van der Waals surface area contributed by atoms with Crippen molar-refractivity contribution in [1.29, 1.82) is 0 Å². The van der Waals surface area contributed by atoms with Gasteiger partial charge in [0, 0.05) is 5.22 Å². The summed E-state index contributed by atoms with van der Waals surface area (Å²) in [5, 5.41) is 0.905. The molecule has 124 valence electrons. The Labute approximate surface area is 130 Å². The van der Waals surface area contributed by atoms with Crippen molar-refractivity contribution in [3.63, 3.8) is 0 Å². The predicted octanol–water partition coefficient (Wildman–Crippen LogP) is 1.95. The largest absolute Gasteiger partial charge is 0.478 e. The quantitative estimate of drug-likeness (QED) is 0.275. The van der Waals surface area contributed by atoms with E-state index in [0.717, 1.165) is 0 Å². The second-order valence-electron chi connectivity index (χ2n) is 4.63. The highest BCUT2D eigenvalue weighted by molar-refractivity contribution is 5.91. The number of benzene rings is 2. The average molecular weight is 343 g/mol. The smallest absolute Gasteiger partial charge is 0.343 e. The van der Waals surface area contributed by atoms with E-state index in [9.17, 15) is 26.7 Å². The predicted molar refractivity (Wildman–Crippen MR) is 68.8 cm³/mol. The molecule has 0 unspecified atom stereocenters. The fourth-order valence-electron chi connectivity index (χ4n) is 1.98. The van der Waals surface area contributed by atoms with Gasteiger partial charge in [0.25, 0.3) is 0 Å². The van der Waals surface area contributed by atoms with Gasteiger partial charge in [-0.05, 0) is 18.2 Å². The first-order chi connectivity index (χ1) is 11.4. The second-order valence-corrected chi connectivity index (χ2v) is 4.63. The molecule has 2 aromatic rings. The van der Waals surface area contributed by atoms with Crippen LogP contribution >= 0.6 is 0 Å². The van der Waals surface area contributed by atoms with Gasteiger partial charge in [0.05, 0.1) is 17.2 Å². The third kappa shape index (κ3) is 2.57. The van der Waals surface area contributed by atoms with E-state index in [-0.39, 0.29) is 12.3 Å². The van der Waals surface area contributed by atoms with E-state index < -0.39 is 40.8 Å². The average Bonchev–Trinajstić information content (AvgIpc) is 2.61. The minimum absolute atomic E-state index is 0.0986. The lowest BCUT2D eigenvalue weighted by Gasteiger charge is -2.09. The minimum Gasteiger partial charge on any atom is -0.478 e. The second kappa shape index (κ2) is 5.91. The molecule has 2 aromatic carbocycles. The van der Waals surface area contributed by atoms with Crippen molar-refractivity contribution in [2.24, 2.45) is 4.99 Å².